The Labute approximate surface area is 46.8 Å². The molecular formula is C5H7NS. The van der Waals surface area contributed by atoms with E-state index in [4.69, 9.17) is 5.73 Å². The van der Waals surface area contributed by atoms with Crippen molar-refractivity contribution in [2.75, 3.05) is 5.73 Å². The van der Waals surface area contributed by atoms with E-state index in [0.717, 1.165) is 5.69 Å². The molecule has 0 aliphatic rings. The van der Waals surface area contributed by atoms with Crippen molar-refractivity contribution >= 4 is 17.0 Å². The zero-order valence-electron chi connectivity index (χ0n) is 4.14. The van der Waals surface area contributed by atoms with Gasteiger partial charge in [-0.3, -0.25) is 0 Å². The summed E-state index contributed by atoms with van der Waals surface area (Å²) in [6.45, 7) is 2.01. The second kappa shape index (κ2) is 1.54. The summed E-state index contributed by atoms with van der Waals surface area (Å²) >= 11 is 1.68. The van der Waals surface area contributed by atoms with Crippen LogP contribution in [-0.4, -0.2) is 0 Å². The summed E-state index contributed by atoms with van der Waals surface area (Å²) in [5, 5.41) is 1.99. The summed E-state index contributed by atoms with van der Waals surface area (Å²) in [7, 11) is 0. The highest BCUT2D eigenvalue weighted by molar-refractivity contribution is 7.10. The fourth-order valence-electron chi connectivity index (χ4n) is 0.395. The molecule has 0 aliphatic carbocycles. The third-order valence-electron chi connectivity index (χ3n) is 0.899. The molecule has 38 valence electrons. The standard InChI is InChI=1S/C5H7NS/c1-4-5(6)2-3-7-4/h2-3H,6H2,1H3. The Morgan fingerprint density at radius 2 is 2.43 bits per heavy atom. The average molecular weight is 113 g/mol. The maximum absolute atomic E-state index is 5.45. The first-order valence-electron chi connectivity index (χ1n) is 2.10. The number of thiophene rings is 1. The molecule has 0 amide bonds. The smallest absolute Gasteiger partial charge is 0.0452 e. The van der Waals surface area contributed by atoms with Crippen LogP contribution in [0.15, 0.2) is 11.4 Å². The van der Waals surface area contributed by atoms with Gasteiger partial charge in [-0.05, 0) is 18.4 Å². The van der Waals surface area contributed by atoms with Crippen LogP contribution >= 0.6 is 11.3 Å². The number of hydrogen-bond acceptors (Lipinski definition) is 2. The number of aryl methyl sites for hydroxylation is 1. The number of anilines is 1. The van der Waals surface area contributed by atoms with E-state index >= 15 is 0 Å². The Kier molecular flexibility index (Phi) is 1.02. The molecular weight excluding hydrogens is 106 g/mol. The first-order chi connectivity index (χ1) is 3.30. The molecule has 1 rings (SSSR count). The maximum Gasteiger partial charge on any atom is 0.0452 e. The van der Waals surface area contributed by atoms with E-state index in [0.29, 0.717) is 0 Å². The van der Waals surface area contributed by atoms with E-state index in [9.17, 15) is 0 Å². The first kappa shape index (κ1) is 4.65. The molecule has 1 aromatic rings. The molecule has 1 aromatic heterocycles. The average Bonchev–Trinajstić information content (AvgIpc) is 1.91. The van der Waals surface area contributed by atoms with Crippen molar-refractivity contribution in [2.24, 2.45) is 0 Å². The van der Waals surface area contributed by atoms with Crippen molar-refractivity contribution in [3.63, 3.8) is 0 Å². The number of nitrogen functional groups attached to an aromatic ring is 1. The number of hydrogen-bond donors (Lipinski definition) is 1. The van der Waals surface area contributed by atoms with Gasteiger partial charge in [0, 0.05) is 10.6 Å². The van der Waals surface area contributed by atoms with E-state index in [2.05, 4.69) is 0 Å². The van der Waals surface area contributed by atoms with E-state index in [1.807, 2.05) is 18.4 Å². The summed E-state index contributed by atoms with van der Waals surface area (Å²) in [5.74, 6) is 0. The second-order valence-corrected chi connectivity index (χ2v) is 2.55. The molecule has 2 N–H and O–H groups in total. The van der Waals surface area contributed by atoms with Crippen LogP contribution in [0.25, 0.3) is 0 Å². The highest BCUT2D eigenvalue weighted by atomic mass is 32.1. The lowest BCUT2D eigenvalue weighted by molar-refractivity contribution is 1.63. The van der Waals surface area contributed by atoms with Crippen LogP contribution in [0.5, 0.6) is 0 Å². The lowest BCUT2D eigenvalue weighted by atomic mass is 10.4. The molecule has 0 radical (unpaired) electrons. The normalized spacial score (nSPS) is 9.29. The Morgan fingerprint density at radius 3 is 2.57 bits per heavy atom. The maximum atomic E-state index is 5.45. The SMILES string of the molecule is Cc1sccc1N. The minimum Gasteiger partial charge on any atom is -0.398 e. The van der Waals surface area contributed by atoms with E-state index < -0.39 is 0 Å². The van der Waals surface area contributed by atoms with Crippen LogP contribution in [0, 0.1) is 6.92 Å². The predicted molar refractivity (Wildman–Crippen MR) is 33.5 cm³/mol. The zero-order valence-corrected chi connectivity index (χ0v) is 4.96. The van der Waals surface area contributed by atoms with Crippen molar-refractivity contribution in [3.05, 3.63) is 16.3 Å². The van der Waals surface area contributed by atoms with Gasteiger partial charge in [0.05, 0.1) is 0 Å². The third-order valence-corrected chi connectivity index (χ3v) is 1.76. The fourth-order valence-corrected chi connectivity index (χ4v) is 1.02. The lowest BCUT2D eigenvalue weighted by Gasteiger charge is -1.81. The number of nitrogens with two attached hydrogens (primary N) is 1. The Hall–Kier alpha value is -0.500. The largest absolute Gasteiger partial charge is 0.398 e. The van der Waals surface area contributed by atoms with Gasteiger partial charge in [-0.15, -0.1) is 11.3 Å². The third kappa shape index (κ3) is 0.747. The van der Waals surface area contributed by atoms with Crippen molar-refractivity contribution in [2.45, 2.75) is 6.92 Å². The molecule has 0 saturated carbocycles. The van der Waals surface area contributed by atoms with E-state index in [1.165, 1.54) is 4.88 Å². The molecule has 1 heterocycles. The van der Waals surface area contributed by atoms with Crippen LogP contribution in [0.3, 0.4) is 0 Å². The number of rotatable bonds is 0. The van der Waals surface area contributed by atoms with Gasteiger partial charge in [0.25, 0.3) is 0 Å². The quantitative estimate of drug-likeness (QED) is 0.543. The summed E-state index contributed by atoms with van der Waals surface area (Å²) in [5.41, 5.74) is 6.36. The van der Waals surface area contributed by atoms with Gasteiger partial charge in [0.1, 0.15) is 0 Å². The van der Waals surface area contributed by atoms with Crippen LogP contribution < -0.4 is 5.73 Å². The molecule has 0 aliphatic heterocycles. The summed E-state index contributed by atoms with van der Waals surface area (Å²) in [6.07, 6.45) is 0. The molecule has 0 fully saturated rings. The van der Waals surface area contributed by atoms with Gasteiger partial charge in [-0.2, -0.15) is 0 Å². The minimum absolute atomic E-state index is 0.907. The van der Waals surface area contributed by atoms with Gasteiger partial charge < -0.3 is 5.73 Å². The summed E-state index contributed by atoms with van der Waals surface area (Å²) < 4.78 is 0. The topological polar surface area (TPSA) is 26.0 Å². The minimum atomic E-state index is 0.907. The van der Waals surface area contributed by atoms with Crippen LogP contribution in [0.4, 0.5) is 5.69 Å². The summed E-state index contributed by atoms with van der Waals surface area (Å²) in [6, 6.07) is 1.92. The Morgan fingerprint density at radius 1 is 1.71 bits per heavy atom. The molecule has 0 atom stereocenters. The molecule has 0 saturated heterocycles. The Balaban J connectivity index is 3.12. The van der Waals surface area contributed by atoms with Crippen LogP contribution in [0.1, 0.15) is 4.88 Å². The predicted octanol–water partition coefficient (Wildman–Crippen LogP) is 1.64. The van der Waals surface area contributed by atoms with Gasteiger partial charge >= 0.3 is 0 Å². The molecule has 7 heavy (non-hydrogen) atoms. The second-order valence-electron chi connectivity index (χ2n) is 1.43. The van der Waals surface area contributed by atoms with Crippen LogP contribution in [-0.2, 0) is 0 Å². The molecule has 2 heteroatoms. The summed E-state index contributed by atoms with van der Waals surface area (Å²) in [4.78, 5) is 1.21. The monoisotopic (exact) mass is 113 g/mol. The molecule has 0 aromatic carbocycles. The van der Waals surface area contributed by atoms with Gasteiger partial charge in [-0.25, -0.2) is 0 Å². The van der Waals surface area contributed by atoms with E-state index in [1.54, 1.807) is 11.3 Å². The lowest BCUT2D eigenvalue weighted by Crippen LogP contribution is -1.79. The van der Waals surface area contributed by atoms with Crippen molar-refractivity contribution in [1.82, 2.24) is 0 Å². The first-order valence-corrected chi connectivity index (χ1v) is 2.98. The highest BCUT2D eigenvalue weighted by Crippen LogP contribution is 2.15. The van der Waals surface area contributed by atoms with Crippen molar-refractivity contribution in [1.29, 1.82) is 0 Å². The van der Waals surface area contributed by atoms with E-state index in [-0.39, 0.29) is 0 Å². The fraction of sp³-hybridized carbons (Fsp3) is 0.200. The van der Waals surface area contributed by atoms with Crippen LogP contribution in [0.2, 0.25) is 0 Å². The van der Waals surface area contributed by atoms with Crippen molar-refractivity contribution < 1.29 is 0 Å². The molecule has 0 bridgehead atoms. The van der Waals surface area contributed by atoms with Gasteiger partial charge in [-0.1, -0.05) is 0 Å². The van der Waals surface area contributed by atoms with Gasteiger partial charge in [0.15, 0.2) is 0 Å². The molecule has 0 spiro atoms. The van der Waals surface area contributed by atoms with Gasteiger partial charge in [0.2, 0.25) is 0 Å². The molecule has 1 nitrogen and oxygen atoms in total. The Bertz CT molecular complexity index is 140. The zero-order chi connectivity index (χ0) is 5.28. The highest BCUT2D eigenvalue weighted by Gasteiger charge is 1.87. The van der Waals surface area contributed by atoms with Crippen molar-refractivity contribution in [3.8, 4) is 0 Å². The molecule has 0 unspecified atom stereocenters.